The summed E-state index contributed by atoms with van der Waals surface area (Å²) in [5, 5.41) is 37.5. The van der Waals surface area contributed by atoms with Gasteiger partial charge in [-0.3, -0.25) is 0 Å². The van der Waals surface area contributed by atoms with Gasteiger partial charge in [-0.25, -0.2) is 0 Å². The van der Waals surface area contributed by atoms with E-state index in [1.165, 1.54) is 0 Å². The molecule has 0 N–H and O–H groups in total. The summed E-state index contributed by atoms with van der Waals surface area (Å²) in [6, 6.07) is 0. The van der Waals surface area contributed by atoms with Crippen molar-refractivity contribution >= 4 is 0 Å². The molecule has 0 saturated carbocycles. The van der Waals surface area contributed by atoms with Gasteiger partial charge in [-0.15, -0.1) is 0 Å². The molecule has 0 unspecified atom stereocenters. The van der Waals surface area contributed by atoms with Crippen molar-refractivity contribution in [3.8, 4) is 0 Å². The van der Waals surface area contributed by atoms with Crippen LogP contribution in [0.25, 0.3) is 0 Å². The summed E-state index contributed by atoms with van der Waals surface area (Å²) in [6.07, 6.45) is 0. The van der Waals surface area contributed by atoms with Crippen molar-refractivity contribution in [3.05, 3.63) is 39.4 Å². The molecule has 0 aromatic carbocycles. The molecule has 6 nitrogen and oxygen atoms in total. The van der Waals surface area contributed by atoms with Gasteiger partial charge in [0, 0.05) is 0 Å². The Morgan fingerprint density at radius 1 is 0.308 bits per heavy atom. The second-order valence-corrected chi connectivity index (χ2v) is 0. The number of hydrogen-bond donors (Lipinski definition) is 0. The third-order valence-electron chi connectivity index (χ3n) is 0. The van der Waals surface area contributed by atoms with E-state index in [4.69, 9.17) is 71.0 Å². The van der Waals surface area contributed by atoms with E-state index in [-0.39, 0.29) is 19.5 Å². The quantitative estimate of drug-likeness (QED) is 0.459. The van der Waals surface area contributed by atoms with Crippen molar-refractivity contribution in [2.24, 2.45) is 0 Å². The molecule has 7 heteroatoms. The molecule has 0 aliphatic carbocycles. The predicted molar refractivity (Wildman–Crippen MR) is 29.8 cm³/mol. The predicted octanol–water partition coefficient (Wildman–Crippen LogP) is 0.576. The summed E-state index contributed by atoms with van der Waals surface area (Å²) in [7, 11) is 0. The maximum absolute atomic E-state index is 6.25. The topological polar surface area (TPSA) is 143 Å². The van der Waals surface area contributed by atoms with Crippen molar-refractivity contribution in [2.45, 2.75) is 0 Å². The Morgan fingerprint density at radius 3 is 0.308 bits per heavy atom. The largest absolute Gasteiger partial charge is 3.00 e. The smallest absolute Gasteiger partial charge is 0.512 e. The first kappa shape index (κ1) is 76.1. The molecule has 0 heterocycles. The molecule has 0 aromatic heterocycles. The zero-order chi connectivity index (χ0) is 12.0. The van der Waals surface area contributed by atoms with Crippen LogP contribution >= 0.6 is 0 Å². The standard InChI is InChI=1S/6CN.Rh/c6*1-2;/q6*-1;+3. The van der Waals surface area contributed by atoms with E-state index < -0.39 is 0 Å². The van der Waals surface area contributed by atoms with Crippen molar-refractivity contribution in [1.29, 1.82) is 31.6 Å². The van der Waals surface area contributed by atoms with Crippen LogP contribution in [0.5, 0.6) is 0 Å². The molecule has 0 aliphatic rings. The second kappa shape index (κ2) is 118. The van der Waals surface area contributed by atoms with Gasteiger partial charge in [0.05, 0.1) is 0 Å². The van der Waals surface area contributed by atoms with E-state index in [0.717, 1.165) is 0 Å². The van der Waals surface area contributed by atoms with Crippen LogP contribution in [0.4, 0.5) is 0 Å². The molecule has 13 heavy (non-hydrogen) atoms. The van der Waals surface area contributed by atoms with Gasteiger partial charge in [-0.1, -0.05) is 0 Å². The van der Waals surface area contributed by atoms with Crippen LogP contribution in [-0.2, 0) is 19.5 Å². The molecule has 0 saturated heterocycles. The molecule has 0 fully saturated rings. The van der Waals surface area contributed by atoms with E-state index in [2.05, 4.69) is 0 Å². The van der Waals surface area contributed by atoms with Crippen LogP contribution in [0.2, 0.25) is 0 Å². The number of nitrogens with zero attached hydrogens (tertiary/aromatic N) is 6. The van der Waals surface area contributed by atoms with Crippen LogP contribution in [0.3, 0.4) is 0 Å². The van der Waals surface area contributed by atoms with Crippen LogP contribution in [-0.4, -0.2) is 0 Å². The average molecular weight is 259 g/mol. The van der Waals surface area contributed by atoms with E-state index in [1.807, 2.05) is 0 Å². The zero-order valence-corrected chi connectivity index (χ0v) is 7.66. The van der Waals surface area contributed by atoms with Gasteiger partial charge in [0.2, 0.25) is 0 Å². The molecule has 66 valence electrons. The molecule has 0 rings (SSSR count). The molecule has 0 amide bonds. The Balaban J connectivity index is -0.00000000655. The first-order chi connectivity index (χ1) is 6.00. The van der Waals surface area contributed by atoms with Crippen LogP contribution in [0.15, 0.2) is 0 Å². The maximum Gasteiger partial charge on any atom is 3.00 e. The molecular formula is C6N6Rh-3. The van der Waals surface area contributed by atoms with E-state index in [9.17, 15) is 0 Å². The van der Waals surface area contributed by atoms with Gasteiger partial charge >= 0.3 is 19.5 Å². The fourth-order valence-electron chi connectivity index (χ4n) is 0. The Kier molecular flexibility index (Phi) is 691. The van der Waals surface area contributed by atoms with Crippen LogP contribution < -0.4 is 0 Å². The SMILES string of the molecule is [C-]#N.[C-]#N.[C-]#N.[C-]#N.[C-]#N.[C-]#N.[Rh+3]. The minimum Gasteiger partial charge on any atom is -0.512 e. The van der Waals surface area contributed by atoms with E-state index in [0.29, 0.717) is 0 Å². The fourth-order valence-corrected chi connectivity index (χ4v) is 0. The Hall–Kier alpha value is -2.44. The monoisotopic (exact) mass is 259 g/mol. The summed E-state index contributed by atoms with van der Waals surface area (Å²) in [5.74, 6) is 0. The fraction of sp³-hybridized carbons (Fsp3) is 0. The summed E-state index contributed by atoms with van der Waals surface area (Å²) >= 11 is 0. The third kappa shape index (κ3) is 92.1. The summed E-state index contributed by atoms with van der Waals surface area (Å²) < 4.78 is 0. The van der Waals surface area contributed by atoms with Gasteiger partial charge in [0.15, 0.2) is 0 Å². The van der Waals surface area contributed by atoms with Gasteiger partial charge in [0.25, 0.3) is 0 Å². The van der Waals surface area contributed by atoms with Crippen molar-refractivity contribution in [1.82, 2.24) is 0 Å². The molecular weight excluding hydrogens is 259 g/mol. The molecule has 0 atom stereocenters. The van der Waals surface area contributed by atoms with E-state index >= 15 is 0 Å². The summed E-state index contributed by atoms with van der Waals surface area (Å²) in [6.45, 7) is 28.5. The normalized spacial score (nSPS) is 0.923. The zero-order valence-electron chi connectivity index (χ0n) is 6.02. The van der Waals surface area contributed by atoms with Crippen LogP contribution in [0, 0.1) is 71.0 Å². The first-order valence-corrected chi connectivity index (χ1v) is 1.34. The third-order valence-corrected chi connectivity index (χ3v) is 0. The van der Waals surface area contributed by atoms with Gasteiger partial charge in [-0.05, 0) is 0 Å². The summed E-state index contributed by atoms with van der Waals surface area (Å²) in [4.78, 5) is 0. The molecule has 0 aliphatic heterocycles. The minimum absolute atomic E-state index is 0. The molecule has 0 spiro atoms. The second-order valence-electron chi connectivity index (χ2n) is 0. The number of rotatable bonds is 0. The van der Waals surface area contributed by atoms with Gasteiger partial charge in [-0.2, -0.15) is 0 Å². The first-order valence-electron chi connectivity index (χ1n) is 1.34. The molecule has 0 bridgehead atoms. The summed E-state index contributed by atoms with van der Waals surface area (Å²) in [5.41, 5.74) is 0. The molecule has 0 radical (unpaired) electrons. The van der Waals surface area contributed by atoms with E-state index in [1.54, 1.807) is 0 Å². The van der Waals surface area contributed by atoms with Crippen molar-refractivity contribution < 1.29 is 19.5 Å². The maximum atomic E-state index is 6.25. The molecule has 0 aromatic rings. The average Bonchev–Trinajstić information content (AvgIpc) is 2.33. The Morgan fingerprint density at radius 2 is 0.308 bits per heavy atom. The van der Waals surface area contributed by atoms with Gasteiger partial charge in [0.1, 0.15) is 0 Å². The van der Waals surface area contributed by atoms with Gasteiger partial charge < -0.3 is 71.0 Å². The Bertz CT molecular complexity index is 92.1. The minimum atomic E-state index is 0. The number of hydrogen-bond acceptors (Lipinski definition) is 6. The van der Waals surface area contributed by atoms with Crippen molar-refractivity contribution in [2.75, 3.05) is 0 Å². The Labute approximate surface area is 90.8 Å². The van der Waals surface area contributed by atoms with Crippen molar-refractivity contribution in [3.63, 3.8) is 0 Å². The van der Waals surface area contributed by atoms with Crippen LogP contribution in [0.1, 0.15) is 0 Å².